The largest absolute Gasteiger partial charge is 1.00 e. The number of hydrogen-bond acceptors (Lipinski definition) is 0. The molecule has 0 aromatic carbocycles. The molecule has 0 aromatic rings. The molecule has 0 aromatic heterocycles. The Labute approximate surface area is 214 Å². The summed E-state index contributed by atoms with van der Waals surface area (Å²) in [5, 5.41) is 0. The van der Waals surface area contributed by atoms with Crippen LogP contribution in [0.4, 0.5) is 105 Å². The third-order valence-electron chi connectivity index (χ3n) is 5.13. The summed E-state index contributed by atoms with van der Waals surface area (Å²) in [4.78, 5) is 0. The Morgan fingerprint density at radius 2 is 0.316 bits per heavy atom. The van der Waals surface area contributed by atoms with Gasteiger partial charge in [-0.15, -0.1) is 0 Å². The van der Waals surface area contributed by atoms with E-state index in [2.05, 4.69) is 0 Å². The molecule has 0 amide bonds. The van der Waals surface area contributed by atoms with Gasteiger partial charge >= 0.3 is 79.0 Å². The van der Waals surface area contributed by atoms with Crippen LogP contribution in [-0.2, 0) is 0 Å². The molecule has 0 unspecified atom stereocenters. The molecule has 0 N–H and O–H groups in total. The smallest absolute Gasteiger partial charge is 0.174 e. The maximum atomic E-state index is 13.2. The van der Waals surface area contributed by atoms with Gasteiger partial charge in [-0.2, -0.15) is 105 Å². The van der Waals surface area contributed by atoms with Gasteiger partial charge in [-0.1, -0.05) is 0 Å². The molecule has 0 atom stereocenters. The fraction of sp³-hybridized carbons (Fsp3) is 1.00. The van der Waals surface area contributed by atoms with Gasteiger partial charge in [0, 0.05) is 23.3 Å². The SMILES string of the molecule is FC(F)(F)C([B-](C(C(F)(F)F)C(F)(F)F)(C(C(F)(F)F)C(F)(F)F)C(C(F)(F)F)C(F)(F)F)C(F)(F)F.[Na+]. The molecule has 0 spiro atoms. The molecular weight excluding hydrogens is 634 g/mol. The number of halogens is 24. The van der Waals surface area contributed by atoms with Crippen LogP contribution in [0, 0.1) is 0 Å². The molecule has 0 rings (SSSR count). The second-order valence-corrected chi connectivity index (χ2v) is 7.40. The molecule has 0 aliphatic rings. The van der Waals surface area contributed by atoms with Gasteiger partial charge in [0.1, 0.15) is 0 Å². The van der Waals surface area contributed by atoms with Gasteiger partial charge in [0.25, 0.3) is 0 Å². The second-order valence-electron chi connectivity index (χ2n) is 7.40. The Morgan fingerprint density at radius 3 is 0.368 bits per heavy atom. The van der Waals surface area contributed by atoms with Gasteiger partial charge in [-0.25, -0.2) is 0 Å². The standard InChI is InChI=1S/C12H4BF24.Na/c14-5(15,16)1(6(17,18)19)13(2(7(20,21)22)8(23,24)25,3(9(26,27)28)10(29,30)31)4(11(32,33)34)12(35,36)37;/h1-4H;/q-1;+1. The predicted molar refractivity (Wildman–Crippen MR) is 69.2 cm³/mol. The average Bonchev–Trinajstić information content (AvgIpc) is 2.30. The minimum absolute atomic E-state index is 0. The molecule has 0 bridgehead atoms. The molecule has 0 saturated heterocycles. The zero-order valence-electron chi connectivity index (χ0n) is 17.0. The van der Waals surface area contributed by atoms with Crippen LogP contribution in [0.25, 0.3) is 0 Å². The van der Waals surface area contributed by atoms with Gasteiger partial charge in [0.15, 0.2) is 0 Å². The molecule has 0 radical (unpaired) electrons. The third-order valence-corrected chi connectivity index (χ3v) is 5.13. The van der Waals surface area contributed by atoms with Crippen molar-refractivity contribution in [3.05, 3.63) is 0 Å². The molecule has 0 fully saturated rings. The molecule has 0 nitrogen and oxygen atoms in total. The van der Waals surface area contributed by atoms with Gasteiger partial charge in [0.05, 0.1) is 6.15 Å². The van der Waals surface area contributed by atoms with Crippen molar-refractivity contribution >= 4 is 6.15 Å². The zero-order valence-corrected chi connectivity index (χ0v) is 19.0. The van der Waals surface area contributed by atoms with Crippen molar-refractivity contribution in [2.45, 2.75) is 72.7 Å². The summed E-state index contributed by atoms with van der Waals surface area (Å²) >= 11 is 0. The van der Waals surface area contributed by atoms with Crippen molar-refractivity contribution in [3.8, 4) is 0 Å². The van der Waals surface area contributed by atoms with E-state index in [1.807, 2.05) is 0 Å². The summed E-state index contributed by atoms with van der Waals surface area (Å²) in [5.41, 5.74) is 0. The van der Waals surface area contributed by atoms with E-state index in [4.69, 9.17) is 0 Å². The van der Waals surface area contributed by atoms with Crippen LogP contribution in [0.1, 0.15) is 0 Å². The van der Waals surface area contributed by atoms with E-state index in [1.165, 1.54) is 0 Å². The molecule has 224 valence electrons. The van der Waals surface area contributed by atoms with Gasteiger partial charge in [0.2, 0.25) is 0 Å². The van der Waals surface area contributed by atoms with E-state index in [0.717, 1.165) is 0 Å². The Balaban J connectivity index is 0. The number of alkyl halides is 24. The normalized spacial score (nSPS) is 16.1. The number of hydrogen-bond donors (Lipinski definition) is 0. The maximum Gasteiger partial charge on any atom is 1.00 e. The predicted octanol–water partition coefficient (Wildman–Crippen LogP) is 6.42. The summed E-state index contributed by atoms with van der Waals surface area (Å²) < 4.78 is 317. The van der Waals surface area contributed by atoms with Crippen molar-refractivity contribution in [2.24, 2.45) is 0 Å². The van der Waals surface area contributed by atoms with E-state index in [9.17, 15) is 105 Å². The fourth-order valence-corrected chi connectivity index (χ4v) is 4.52. The van der Waals surface area contributed by atoms with E-state index in [0.29, 0.717) is 0 Å². The molecule has 0 heterocycles. The van der Waals surface area contributed by atoms with Crippen LogP contribution in [-0.4, -0.2) is 55.6 Å². The van der Waals surface area contributed by atoms with E-state index >= 15 is 0 Å². The van der Waals surface area contributed by atoms with Crippen LogP contribution >= 0.6 is 0 Å². The Hall–Kier alpha value is -0.615. The first-order valence-electron chi connectivity index (χ1n) is 8.18. The quantitative estimate of drug-likeness (QED) is 0.247. The zero-order chi connectivity index (χ0) is 30.8. The first-order valence-corrected chi connectivity index (χ1v) is 8.18. The molecule has 0 saturated carbocycles. The van der Waals surface area contributed by atoms with Crippen LogP contribution in [0.2, 0.25) is 23.3 Å². The van der Waals surface area contributed by atoms with Crippen LogP contribution in [0.3, 0.4) is 0 Å². The average molecular weight is 638 g/mol. The second kappa shape index (κ2) is 10.7. The molecular formula is C12H4BF24Na. The molecule has 0 aliphatic carbocycles. The van der Waals surface area contributed by atoms with E-state index in [1.54, 1.807) is 0 Å². The summed E-state index contributed by atoms with van der Waals surface area (Å²) in [5.74, 6) is -31.0. The Bertz CT molecular complexity index is 577. The van der Waals surface area contributed by atoms with Crippen molar-refractivity contribution < 1.29 is 135 Å². The number of rotatable bonds is 4. The first-order chi connectivity index (χ1) is 15.5. The minimum atomic E-state index is -10.1. The third kappa shape index (κ3) is 8.21. The monoisotopic (exact) mass is 638 g/mol. The van der Waals surface area contributed by atoms with Crippen LogP contribution in [0.5, 0.6) is 0 Å². The van der Waals surface area contributed by atoms with Crippen molar-refractivity contribution in [2.75, 3.05) is 0 Å². The molecule has 26 heteroatoms. The van der Waals surface area contributed by atoms with Gasteiger partial charge in [-0.3, -0.25) is 0 Å². The maximum absolute atomic E-state index is 13.2. The minimum Gasteiger partial charge on any atom is -0.174 e. The summed E-state index contributed by atoms with van der Waals surface area (Å²) in [6, 6.07) is 0. The Kier molecular flexibility index (Phi) is 11.1. The van der Waals surface area contributed by atoms with E-state index < -0.39 is 78.8 Å². The van der Waals surface area contributed by atoms with Crippen molar-refractivity contribution in [1.82, 2.24) is 0 Å². The summed E-state index contributed by atoms with van der Waals surface area (Å²) in [7, 11) is 0. The van der Waals surface area contributed by atoms with Crippen molar-refractivity contribution in [1.29, 1.82) is 0 Å². The fourth-order valence-electron chi connectivity index (χ4n) is 4.52. The first kappa shape index (κ1) is 39.5. The summed E-state index contributed by atoms with van der Waals surface area (Å²) in [6.07, 6.45) is -77.8. The Morgan fingerprint density at radius 1 is 0.237 bits per heavy atom. The molecule has 0 aliphatic heterocycles. The van der Waals surface area contributed by atoms with Crippen LogP contribution < -0.4 is 29.6 Å². The van der Waals surface area contributed by atoms with Gasteiger partial charge in [-0.05, 0) is 0 Å². The van der Waals surface area contributed by atoms with Crippen LogP contribution in [0.15, 0.2) is 0 Å². The summed E-state index contributed by atoms with van der Waals surface area (Å²) in [6.45, 7) is 0. The van der Waals surface area contributed by atoms with Gasteiger partial charge < -0.3 is 0 Å². The molecule has 38 heavy (non-hydrogen) atoms. The van der Waals surface area contributed by atoms with E-state index in [-0.39, 0.29) is 29.6 Å². The topological polar surface area (TPSA) is 0 Å². The van der Waals surface area contributed by atoms with Crippen molar-refractivity contribution in [3.63, 3.8) is 0 Å².